The Labute approximate surface area is 191 Å². The van der Waals surface area contributed by atoms with E-state index in [1.807, 2.05) is 12.1 Å². The fourth-order valence-corrected chi connectivity index (χ4v) is 4.84. The van der Waals surface area contributed by atoms with E-state index in [9.17, 15) is 5.11 Å². The van der Waals surface area contributed by atoms with E-state index < -0.39 is 0 Å². The molecule has 3 rings (SSSR count). The Hall–Kier alpha value is -2.64. The third kappa shape index (κ3) is 4.59. The molecular weight excluding hydrogens is 410 g/mol. The maximum Gasteiger partial charge on any atom is 0.203 e. The first-order valence-corrected chi connectivity index (χ1v) is 10.9. The van der Waals surface area contributed by atoms with Gasteiger partial charge < -0.3 is 33.3 Å². The second-order valence-corrected chi connectivity index (χ2v) is 8.41. The van der Waals surface area contributed by atoms with Crippen molar-refractivity contribution in [3.05, 3.63) is 41.0 Å². The standard InChI is InChI=1S/C25H36NO6/c1-26(9-7-11-27)10-8-18-15-21(28-2)22(29-3)16-19(18)20(26)12-17-13-23(30-4)25(32-6)24(14-17)31-5/h13-16,20,27H,7-12H2,1-6H3/q+1/t20-,26?/m1/s1. The van der Waals surface area contributed by atoms with E-state index in [-0.39, 0.29) is 12.6 Å². The number of nitrogens with zero attached hydrogens (tertiary/aromatic N) is 1. The summed E-state index contributed by atoms with van der Waals surface area (Å²) >= 11 is 0. The first-order chi connectivity index (χ1) is 15.4. The molecule has 0 saturated carbocycles. The van der Waals surface area contributed by atoms with Crippen molar-refractivity contribution in [3.8, 4) is 28.7 Å². The predicted octanol–water partition coefficient (Wildman–Crippen LogP) is 3.40. The van der Waals surface area contributed by atoms with Crippen molar-refractivity contribution in [2.24, 2.45) is 0 Å². The van der Waals surface area contributed by atoms with E-state index in [1.54, 1.807) is 35.5 Å². The quantitative estimate of drug-likeness (QED) is 0.565. The number of methoxy groups -OCH3 is 5. The molecule has 0 fully saturated rings. The second-order valence-electron chi connectivity index (χ2n) is 8.41. The number of hydrogen-bond donors (Lipinski definition) is 1. The Morgan fingerprint density at radius 1 is 0.844 bits per heavy atom. The minimum absolute atomic E-state index is 0.174. The van der Waals surface area contributed by atoms with Crippen LogP contribution in [0.2, 0.25) is 0 Å². The van der Waals surface area contributed by atoms with E-state index in [2.05, 4.69) is 19.2 Å². The molecule has 1 N–H and O–H groups in total. The maximum absolute atomic E-state index is 9.53. The van der Waals surface area contributed by atoms with Crippen molar-refractivity contribution >= 4 is 0 Å². The van der Waals surface area contributed by atoms with Crippen LogP contribution < -0.4 is 23.7 Å². The van der Waals surface area contributed by atoms with Crippen molar-refractivity contribution in [1.82, 2.24) is 0 Å². The minimum Gasteiger partial charge on any atom is -0.493 e. The highest BCUT2D eigenvalue weighted by Crippen LogP contribution is 2.44. The fourth-order valence-electron chi connectivity index (χ4n) is 4.84. The molecular formula is C25H36NO6+. The highest BCUT2D eigenvalue weighted by atomic mass is 16.5. The molecule has 2 atom stereocenters. The molecule has 7 heteroatoms. The van der Waals surface area contributed by atoms with Gasteiger partial charge in [-0.05, 0) is 35.4 Å². The summed E-state index contributed by atoms with van der Waals surface area (Å²) in [5, 5.41) is 9.53. The molecule has 7 nitrogen and oxygen atoms in total. The summed E-state index contributed by atoms with van der Waals surface area (Å²) in [6, 6.07) is 8.43. The van der Waals surface area contributed by atoms with Gasteiger partial charge in [-0.2, -0.15) is 0 Å². The van der Waals surface area contributed by atoms with Crippen LogP contribution in [0.4, 0.5) is 0 Å². The molecule has 1 aliphatic rings. The smallest absolute Gasteiger partial charge is 0.203 e. The number of aliphatic hydroxyl groups is 1. The van der Waals surface area contributed by atoms with Gasteiger partial charge in [-0.15, -0.1) is 0 Å². The second kappa shape index (κ2) is 10.3. The van der Waals surface area contributed by atoms with Gasteiger partial charge in [0, 0.05) is 31.4 Å². The molecule has 0 bridgehead atoms. The molecule has 0 radical (unpaired) electrons. The molecule has 1 heterocycles. The Kier molecular flexibility index (Phi) is 7.74. The van der Waals surface area contributed by atoms with Crippen LogP contribution in [0.25, 0.3) is 0 Å². The van der Waals surface area contributed by atoms with Gasteiger partial charge >= 0.3 is 0 Å². The lowest BCUT2D eigenvalue weighted by molar-refractivity contribution is -0.941. The Morgan fingerprint density at radius 2 is 1.44 bits per heavy atom. The van der Waals surface area contributed by atoms with E-state index in [0.29, 0.717) is 17.2 Å². The van der Waals surface area contributed by atoms with E-state index in [4.69, 9.17) is 23.7 Å². The first kappa shape index (κ1) is 24.0. The number of benzene rings is 2. The fraction of sp³-hybridized carbons (Fsp3) is 0.520. The van der Waals surface area contributed by atoms with E-state index in [0.717, 1.165) is 53.9 Å². The van der Waals surface area contributed by atoms with Gasteiger partial charge in [-0.25, -0.2) is 0 Å². The molecule has 1 unspecified atom stereocenters. The summed E-state index contributed by atoms with van der Waals surface area (Å²) in [6.07, 6.45) is 2.48. The zero-order valence-corrected chi connectivity index (χ0v) is 20.1. The summed E-state index contributed by atoms with van der Waals surface area (Å²) in [6.45, 7) is 2.06. The Balaban J connectivity index is 2.10. The summed E-state index contributed by atoms with van der Waals surface area (Å²) in [7, 11) is 10.5. The Bertz CT molecular complexity index is 906. The third-order valence-corrected chi connectivity index (χ3v) is 6.63. The number of fused-ring (bicyclic) bond motifs is 1. The van der Waals surface area contributed by atoms with Gasteiger partial charge in [0.05, 0.1) is 55.7 Å². The lowest BCUT2D eigenvalue weighted by Crippen LogP contribution is -2.52. The monoisotopic (exact) mass is 446 g/mol. The number of quaternary nitrogens is 1. The number of likely N-dealkylation sites (N-methyl/N-ethyl adjacent to an activating group) is 1. The maximum atomic E-state index is 9.53. The third-order valence-electron chi connectivity index (χ3n) is 6.63. The summed E-state index contributed by atoms with van der Waals surface area (Å²) in [5.74, 6) is 3.37. The average Bonchev–Trinajstić information content (AvgIpc) is 2.83. The van der Waals surface area contributed by atoms with Gasteiger partial charge in [0.15, 0.2) is 23.0 Å². The molecule has 176 valence electrons. The predicted molar refractivity (Wildman–Crippen MR) is 123 cm³/mol. The van der Waals surface area contributed by atoms with E-state index >= 15 is 0 Å². The van der Waals surface area contributed by atoms with E-state index in [1.165, 1.54) is 11.1 Å². The van der Waals surface area contributed by atoms with Crippen LogP contribution in [-0.2, 0) is 12.8 Å². The van der Waals surface area contributed by atoms with Crippen LogP contribution in [0.3, 0.4) is 0 Å². The summed E-state index contributed by atoms with van der Waals surface area (Å²) in [5.41, 5.74) is 3.63. The minimum atomic E-state index is 0.174. The zero-order valence-electron chi connectivity index (χ0n) is 20.1. The molecule has 0 aromatic heterocycles. The average molecular weight is 447 g/mol. The van der Waals surface area contributed by atoms with Crippen LogP contribution in [0, 0.1) is 0 Å². The number of ether oxygens (including phenoxy) is 5. The lowest BCUT2D eigenvalue weighted by Gasteiger charge is -2.46. The molecule has 0 spiro atoms. The molecule has 0 saturated heterocycles. The largest absolute Gasteiger partial charge is 0.493 e. The van der Waals surface area contributed by atoms with Gasteiger partial charge in [0.2, 0.25) is 5.75 Å². The summed E-state index contributed by atoms with van der Waals surface area (Å²) in [4.78, 5) is 0. The van der Waals surface area contributed by atoms with Crippen LogP contribution in [-0.4, -0.2) is 71.9 Å². The topological polar surface area (TPSA) is 66.4 Å². The highest BCUT2D eigenvalue weighted by molar-refractivity contribution is 5.54. The molecule has 0 aliphatic carbocycles. The molecule has 2 aromatic rings. The van der Waals surface area contributed by atoms with Crippen LogP contribution in [0.15, 0.2) is 24.3 Å². The number of aliphatic hydroxyl groups excluding tert-OH is 1. The van der Waals surface area contributed by atoms with Crippen LogP contribution >= 0.6 is 0 Å². The lowest BCUT2D eigenvalue weighted by atomic mass is 9.86. The van der Waals surface area contributed by atoms with Crippen molar-refractivity contribution in [2.75, 3.05) is 62.3 Å². The molecule has 2 aromatic carbocycles. The number of hydrogen-bond acceptors (Lipinski definition) is 6. The van der Waals surface area contributed by atoms with Crippen LogP contribution in [0.1, 0.15) is 29.2 Å². The Morgan fingerprint density at radius 3 is 1.97 bits per heavy atom. The highest BCUT2D eigenvalue weighted by Gasteiger charge is 2.39. The van der Waals surface area contributed by atoms with Gasteiger partial charge in [0.25, 0.3) is 0 Å². The van der Waals surface area contributed by atoms with Gasteiger partial charge in [0.1, 0.15) is 6.04 Å². The number of rotatable bonds is 10. The van der Waals surface area contributed by atoms with Gasteiger partial charge in [-0.1, -0.05) is 0 Å². The van der Waals surface area contributed by atoms with Crippen molar-refractivity contribution in [3.63, 3.8) is 0 Å². The summed E-state index contributed by atoms with van der Waals surface area (Å²) < 4.78 is 28.7. The molecule has 0 amide bonds. The molecule has 1 aliphatic heterocycles. The van der Waals surface area contributed by atoms with Crippen molar-refractivity contribution in [1.29, 1.82) is 0 Å². The molecule has 32 heavy (non-hydrogen) atoms. The SMILES string of the molecule is COc1cc2c(cc1OC)[C@@H](Cc1cc(OC)c(OC)c(OC)c1)[N+](C)(CCCO)CC2. The van der Waals surface area contributed by atoms with Crippen molar-refractivity contribution in [2.45, 2.75) is 25.3 Å². The van der Waals surface area contributed by atoms with Crippen LogP contribution in [0.5, 0.6) is 28.7 Å². The first-order valence-electron chi connectivity index (χ1n) is 10.9. The zero-order chi connectivity index (χ0) is 23.3. The van der Waals surface area contributed by atoms with Crippen molar-refractivity contribution < 1.29 is 33.3 Å². The normalized spacial score (nSPS) is 19.8. The van der Waals surface area contributed by atoms with Gasteiger partial charge in [-0.3, -0.25) is 0 Å².